The summed E-state index contributed by atoms with van der Waals surface area (Å²) in [6.45, 7) is 2.33. The third kappa shape index (κ3) is 4.14. The minimum Gasteiger partial charge on any atom is -0.383 e. The summed E-state index contributed by atoms with van der Waals surface area (Å²) < 4.78 is 30.1. The molecule has 1 aromatic heterocycles. The summed E-state index contributed by atoms with van der Waals surface area (Å²) in [6, 6.07) is 3.23. The number of sulfonamides is 1. The van der Waals surface area contributed by atoms with Crippen LogP contribution in [0.25, 0.3) is 0 Å². The number of pyridine rings is 1. The second-order valence-electron chi connectivity index (χ2n) is 4.41. The molecule has 114 valence electrons. The lowest BCUT2D eigenvalue weighted by Gasteiger charge is -2.23. The number of methoxy groups -OCH3 is 1. The zero-order valence-corrected chi connectivity index (χ0v) is 12.9. The van der Waals surface area contributed by atoms with Crippen molar-refractivity contribution in [1.82, 2.24) is 9.29 Å². The van der Waals surface area contributed by atoms with Crippen LogP contribution in [0.15, 0.2) is 23.2 Å². The Labute approximate surface area is 120 Å². The van der Waals surface area contributed by atoms with E-state index in [1.807, 2.05) is 4.90 Å². The molecule has 0 amide bonds. The van der Waals surface area contributed by atoms with Crippen molar-refractivity contribution in [2.24, 2.45) is 5.73 Å². The highest BCUT2D eigenvalue weighted by Crippen LogP contribution is 2.16. The van der Waals surface area contributed by atoms with Crippen LogP contribution < -0.4 is 10.6 Å². The van der Waals surface area contributed by atoms with E-state index < -0.39 is 10.0 Å². The molecular weight excluding hydrogens is 280 g/mol. The summed E-state index contributed by atoms with van der Waals surface area (Å²) in [6.07, 6.45) is 1.36. The molecule has 0 saturated carbocycles. The van der Waals surface area contributed by atoms with Gasteiger partial charge in [-0.25, -0.2) is 17.7 Å². The van der Waals surface area contributed by atoms with E-state index >= 15 is 0 Å². The van der Waals surface area contributed by atoms with Gasteiger partial charge in [0.15, 0.2) is 0 Å². The lowest BCUT2D eigenvalue weighted by Crippen LogP contribution is -2.33. The normalized spacial score (nSPS) is 11.8. The zero-order valence-electron chi connectivity index (χ0n) is 12.1. The van der Waals surface area contributed by atoms with Crippen molar-refractivity contribution in [2.45, 2.75) is 4.90 Å². The molecule has 0 aromatic carbocycles. The third-order valence-electron chi connectivity index (χ3n) is 2.79. The van der Waals surface area contributed by atoms with E-state index in [0.29, 0.717) is 32.1 Å². The van der Waals surface area contributed by atoms with Crippen molar-refractivity contribution in [3.8, 4) is 0 Å². The fourth-order valence-electron chi connectivity index (χ4n) is 1.62. The topological polar surface area (TPSA) is 88.8 Å². The molecule has 0 bridgehead atoms. The lowest BCUT2D eigenvalue weighted by atomic mass is 10.4. The van der Waals surface area contributed by atoms with Gasteiger partial charge in [0.2, 0.25) is 10.0 Å². The molecule has 0 aliphatic heterocycles. The van der Waals surface area contributed by atoms with Crippen molar-refractivity contribution in [2.75, 3.05) is 52.3 Å². The molecule has 0 unspecified atom stereocenters. The standard InChI is InChI=1S/C12H22N4O3S/c1-15(2)20(17,18)11-4-5-12(14-10-11)16(7-6-13)8-9-19-3/h4-5,10H,6-9,13H2,1-3H3. The minimum absolute atomic E-state index is 0.172. The Hall–Kier alpha value is -1.22. The molecule has 7 nitrogen and oxygen atoms in total. The van der Waals surface area contributed by atoms with Gasteiger partial charge in [-0.05, 0) is 12.1 Å². The van der Waals surface area contributed by atoms with Gasteiger partial charge in [0, 0.05) is 47.0 Å². The van der Waals surface area contributed by atoms with E-state index in [-0.39, 0.29) is 4.90 Å². The van der Waals surface area contributed by atoms with Crippen LogP contribution in [0.1, 0.15) is 0 Å². The second kappa shape index (κ2) is 7.53. The molecule has 0 saturated heterocycles. The summed E-state index contributed by atoms with van der Waals surface area (Å²) >= 11 is 0. The van der Waals surface area contributed by atoms with Gasteiger partial charge >= 0.3 is 0 Å². The fraction of sp³-hybridized carbons (Fsp3) is 0.583. The van der Waals surface area contributed by atoms with Gasteiger partial charge in [-0.1, -0.05) is 0 Å². The van der Waals surface area contributed by atoms with Crippen LogP contribution in [-0.2, 0) is 14.8 Å². The number of nitrogens with two attached hydrogens (primary N) is 1. The fourth-order valence-corrected chi connectivity index (χ4v) is 2.47. The predicted octanol–water partition coefficient (Wildman–Crippen LogP) is -0.257. The Kier molecular flexibility index (Phi) is 6.34. The number of rotatable bonds is 8. The van der Waals surface area contributed by atoms with E-state index in [2.05, 4.69) is 4.98 Å². The molecule has 2 N–H and O–H groups in total. The van der Waals surface area contributed by atoms with E-state index in [1.165, 1.54) is 20.3 Å². The summed E-state index contributed by atoms with van der Waals surface area (Å²) in [7, 11) is 1.16. The average Bonchev–Trinajstić information content (AvgIpc) is 2.43. The summed E-state index contributed by atoms with van der Waals surface area (Å²) in [5.41, 5.74) is 5.56. The van der Waals surface area contributed by atoms with Crippen molar-refractivity contribution in [1.29, 1.82) is 0 Å². The van der Waals surface area contributed by atoms with Crippen LogP contribution in [-0.4, -0.2) is 65.2 Å². The largest absolute Gasteiger partial charge is 0.383 e. The molecule has 0 spiro atoms. The first-order chi connectivity index (χ1) is 9.43. The first-order valence-electron chi connectivity index (χ1n) is 6.26. The van der Waals surface area contributed by atoms with Crippen molar-refractivity contribution >= 4 is 15.8 Å². The molecule has 20 heavy (non-hydrogen) atoms. The van der Waals surface area contributed by atoms with Crippen LogP contribution >= 0.6 is 0 Å². The number of hydrogen-bond acceptors (Lipinski definition) is 6. The monoisotopic (exact) mass is 302 g/mol. The maximum absolute atomic E-state index is 11.9. The Morgan fingerprint density at radius 1 is 1.30 bits per heavy atom. The average molecular weight is 302 g/mol. The van der Waals surface area contributed by atoms with E-state index in [0.717, 1.165) is 4.31 Å². The SMILES string of the molecule is COCCN(CCN)c1ccc(S(=O)(=O)N(C)C)cn1. The summed E-state index contributed by atoms with van der Waals surface area (Å²) in [4.78, 5) is 6.33. The molecule has 0 radical (unpaired) electrons. The zero-order chi connectivity index (χ0) is 15.2. The Morgan fingerprint density at radius 3 is 2.45 bits per heavy atom. The highest BCUT2D eigenvalue weighted by molar-refractivity contribution is 7.89. The third-order valence-corrected chi connectivity index (χ3v) is 4.59. The molecule has 8 heteroatoms. The van der Waals surface area contributed by atoms with E-state index in [9.17, 15) is 8.42 Å². The van der Waals surface area contributed by atoms with Gasteiger partial charge in [-0.15, -0.1) is 0 Å². The molecule has 0 atom stereocenters. The first-order valence-corrected chi connectivity index (χ1v) is 7.70. The van der Waals surface area contributed by atoms with Gasteiger partial charge in [0.05, 0.1) is 6.61 Å². The Balaban J connectivity index is 2.93. The number of aromatic nitrogens is 1. The maximum atomic E-state index is 11.9. The molecule has 1 aromatic rings. The van der Waals surface area contributed by atoms with Crippen LogP contribution in [0.2, 0.25) is 0 Å². The highest BCUT2D eigenvalue weighted by atomic mass is 32.2. The van der Waals surface area contributed by atoms with Crippen molar-refractivity contribution < 1.29 is 13.2 Å². The van der Waals surface area contributed by atoms with Gasteiger partial charge in [-0.2, -0.15) is 0 Å². The quantitative estimate of drug-likeness (QED) is 0.712. The van der Waals surface area contributed by atoms with E-state index in [4.69, 9.17) is 10.5 Å². The Morgan fingerprint density at radius 2 is 2.00 bits per heavy atom. The van der Waals surface area contributed by atoms with Crippen LogP contribution in [0.3, 0.4) is 0 Å². The van der Waals surface area contributed by atoms with Gasteiger partial charge in [0.25, 0.3) is 0 Å². The van der Waals surface area contributed by atoms with Crippen molar-refractivity contribution in [3.63, 3.8) is 0 Å². The number of anilines is 1. The van der Waals surface area contributed by atoms with Gasteiger partial charge < -0.3 is 15.4 Å². The molecule has 1 rings (SSSR count). The van der Waals surface area contributed by atoms with Crippen molar-refractivity contribution in [3.05, 3.63) is 18.3 Å². The molecule has 0 aliphatic rings. The number of hydrogen-bond donors (Lipinski definition) is 1. The first kappa shape index (κ1) is 16.8. The molecule has 0 fully saturated rings. The molecule has 1 heterocycles. The second-order valence-corrected chi connectivity index (χ2v) is 6.56. The van der Waals surface area contributed by atoms with E-state index in [1.54, 1.807) is 19.2 Å². The number of nitrogens with zero attached hydrogens (tertiary/aromatic N) is 3. The maximum Gasteiger partial charge on any atom is 0.244 e. The Bertz CT molecular complexity index is 502. The molecule has 0 aliphatic carbocycles. The predicted molar refractivity (Wildman–Crippen MR) is 78.3 cm³/mol. The molecular formula is C12H22N4O3S. The smallest absolute Gasteiger partial charge is 0.244 e. The van der Waals surface area contributed by atoms with Gasteiger partial charge in [-0.3, -0.25) is 0 Å². The van der Waals surface area contributed by atoms with Gasteiger partial charge in [0.1, 0.15) is 10.7 Å². The van der Waals surface area contributed by atoms with Crippen LogP contribution in [0.5, 0.6) is 0 Å². The van der Waals surface area contributed by atoms with Crippen LogP contribution in [0, 0.1) is 0 Å². The summed E-state index contributed by atoms with van der Waals surface area (Å²) in [5, 5.41) is 0. The summed E-state index contributed by atoms with van der Waals surface area (Å²) in [5.74, 6) is 0.685. The highest BCUT2D eigenvalue weighted by Gasteiger charge is 2.18. The van der Waals surface area contributed by atoms with Crippen LogP contribution in [0.4, 0.5) is 5.82 Å². The minimum atomic E-state index is -3.45. The number of ether oxygens (including phenoxy) is 1. The lowest BCUT2D eigenvalue weighted by molar-refractivity contribution is 0.205.